The second kappa shape index (κ2) is 5.39. The first kappa shape index (κ1) is 12.4. The van der Waals surface area contributed by atoms with Gasteiger partial charge in [0.2, 0.25) is 0 Å². The third kappa shape index (κ3) is 3.41. The van der Waals surface area contributed by atoms with Gasteiger partial charge in [-0.3, -0.25) is 4.79 Å². The van der Waals surface area contributed by atoms with E-state index in [1.807, 2.05) is 0 Å². The Morgan fingerprint density at radius 1 is 1.67 bits per heavy atom. The maximum atomic E-state index is 11.6. The van der Waals surface area contributed by atoms with Crippen LogP contribution in [-0.2, 0) is 0 Å². The van der Waals surface area contributed by atoms with Crippen molar-refractivity contribution in [1.29, 1.82) is 0 Å². The van der Waals surface area contributed by atoms with Crippen LogP contribution in [0.5, 0.6) is 0 Å². The lowest BCUT2D eigenvalue weighted by Gasteiger charge is -2.11. The van der Waals surface area contributed by atoms with Crippen molar-refractivity contribution in [2.24, 2.45) is 0 Å². The Hall–Kier alpha value is -0.710. The second-order valence-electron chi connectivity index (χ2n) is 3.22. The SMILES string of the molecule is CC(CO)NC(=O)c1cc(S)ccc1Cl. The van der Waals surface area contributed by atoms with E-state index in [4.69, 9.17) is 16.7 Å². The average molecular weight is 246 g/mol. The van der Waals surface area contributed by atoms with Gasteiger partial charge in [0, 0.05) is 10.9 Å². The van der Waals surface area contributed by atoms with Crippen molar-refractivity contribution in [3.05, 3.63) is 28.8 Å². The summed E-state index contributed by atoms with van der Waals surface area (Å²) in [6.45, 7) is 1.60. The molecule has 0 saturated heterocycles. The lowest BCUT2D eigenvalue weighted by atomic mass is 10.2. The minimum atomic E-state index is -0.308. The number of aliphatic hydroxyl groups is 1. The van der Waals surface area contributed by atoms with Crippen LogP contribution in [0.15, 0.2) is 23.1 Å². The number of carbonyl (C=O) groups is 1. The normalized spacial score (nSPS) is 12.3. The first-order chi connectivity index (χ1) is 7.04. The Kier molecular flexibility index (Phi) is 4.45. The summed E-state index contributed by atoms with van der Waals surface area (Å²) in [6, 6.07) is 4.61. The van der Waals surface area contributed by atoms with E-state index in [0.29, 0.717) is 15.5 Å². The minimum Gasteiger partial charge on any atom is -0.394 e. The predicted molar refractivity (Wildman–Crippen MR) is 62.7 cm³/mol. The van der Waals surface area contributed by atoms with Crippen LogP contribution in [0, 0.1) is 0 Å². The summed E-state index contributed by atoms with van der Waals surface area (Å²) in [5.41, 5.74) is 0.365. The summed E-state index contributed by atoms with van der Waals surface area (Å²) in [4.78, 5) is 12.3. The molecule has 1 unspecified atom stereocenters. The van der Waals surface area contributed by atoms with Gasteiger partial charge in [-0.2, -0.15) is 0 Å². The van der Waals surface area contributed by atoms with Crippen molar-refractivity contribution >= 4 is 30.1 Å². The quantitative estimate of drug-likeness (QED) is 0.711. The molecule has 0 aromatic heterocycles. The van der Waals surface area contributed by atoms with E-state index in [-0.39, 0.29) is 18.6 Å². The smallest absolute Gasteiger partial charge is 0.253 e. The number of carbonyl (C=O) groups excluding carboxylic acids is 1. The lowest BCUT2D eigenvalue weighted by Crippen LogP contribution is -2.35. The Morgan fingerprint density at radius 3 is 2.93 bits per heavy atom. The lowest BCUT2D eigenvalue weighted by molar-refractivity contribution is 0.0922. The zero-order chi connectivity index (χ0) is 11.4. The highest BCUT2D eigenvalue weighted by molar-refractivity contribution is 7.80. The number of thiol groups is 1. The molecule has 1 rings (SSSR count). The van der Waals surface area contributed by atoms with E-state index < -0.39 is 0 Å². The summed E-state index contributed by atoms with van der Waals surface area (Å²) in [5.74, 6) is -0.308. The Balaban J connectivity index is 2.86. The van der Waals surface area contributed by atoms with Crippen molar-refractivity contribution < 1.29 is 9.90 Å². The largest absolute Gasteiger partial charge is 0.394 e. The molecule has 82 valence electrons. The third-order valence-corrected chi connectivity index (χ3v) is 2.45. The molecule has 0 aliphatic carbocycles. The zero-order valence-electron chi connectivity index (χ0n) is 8.20. The summed E-state index contributed by atoms with van der Waals surface area (Å²) in [5, 5.41) is 11.8. The topological polar surface area (TPSA) is 49.3 Å². The number of hydrogen-bond donors (Lipinski definition) is 3. The number of rotatable bonds is 3. The fourth-order valence-corrected chi connectivity index (χ4v) is 1.44. The maximum absolute atomic E-state index is 11.6. The highest BCUT2D eigenvalue weighted by Gasteiger charge is 2.12. The summed E-state index contributed by atoms with van der Waals surface area (Å²) in [7, 11) is 0. The molecular weight excluding hydrogens is 234 g/mol. The molecule has 1 atom stereocenters. The average Bonchev–Trinajstić information content (AvgIpc) is 2.21. The van der Waals surface area contributed by atoms with Gasteiger partial charge in [-0.15, -0.1) is 12.6 Å². The van der Waals surface area contributed by atoms with Crippen LogP contribution in [0.3, 0.4) is 0 Å². The van der Waals surface area contributed by atoms with E-state index in [9.17, 15) is 4.79 Å². The molecule has 1 aromatic rings. The van der Waals surface area contributed by atoms with Gasteiger partial charge >= 0.3 is 0 Å². The summed E-state index contributed by atoms with van der Waals surface area (Å²) < 4.78 is 0. The minimum absolute atomic E-state index is 0.107. The molecule has 1 amide bonds. The van der Waals surface area contributed by atoms with Crippen molar-refractivity contribution in [1.82, 2.24) is 5.32 Å². The van der Waals surface area contributed by atoms with Gasteiger partial charge < -0.3 is 10.4 Å². The van der Waals surface area contributed by atoms with E-state index in [1.165, 1.54) is 0 Å². The van der Waals surface area contributed by atoms with Gasteiger partial charge in [0.15, 0.2) is 0 Å². The van der Waals surface area contributed by atoms with Gasteiger partial charge in [-0.1, -0.05) is 11.6 Å². The molecule has 0 fully saturated rings. The highest BCUT2D eigenvalue weighted by atomic mass is 35.5. The molecule has 0 aliphatic rings. The van der Waals surface area contributed by atoms with E-state index in [1.54, 1.807) is 25.1 Å². The molecule has 5 heteroatoms. The number of hydrogen-bond acceptors (Lipinski definition) is 3. The number of aliphatic hydroxyl groups excluding tert-OH is 1. The van der Waals surface area contributed by atoms with E-state index >= 15 is 0 Å². The fourth-order valence-electron chi connectivity index (χ4n) is 1.03. The summed E-state index contributed by atoms with van der Waals surface area (Å²) >= 11 is 9.98. The van der Waals surface area contributed by atoms with Gasteiger partial charge in [-0.25, -0.2) is 0 Å². The van der Waals surface area contributed by atoms with Crippen LogP contribution in [0.4, 0.5) is 0 Å². The molecule has 1 aromatic carbocycles. The van der Waals surface area contributed by atoms with Crippen LogP contribution in [0.25, 0.3) is 0 Å². The van der Waals surface area contributed by atoms with Crippen LogP contribution in [0.1, 0.15) is 17.3 Å². The summed E-state index contributed by atoms with van der Waals surface area (Å²) in [6.07, 6.45) is 0. The molecule has 0 aliphatic heterocycles. The van der Waals surface area contributed by atoms with Crippen LogP contribution in [0.2, 0.25) is 5.02 Å². The van der Waals surface area contributed by atoms with Crippen LogP contribution < -0.4 is 5.32 Å². The number of amides is 1. The van der Waals surface area contributed by atoms with Crippen molar-refractivity contribution in [3.8, 4) is 0 Å². The molecule has 0 saturated carbocycles. The van der Waals surface area contributed by atoms with E-state index in [0.717, 1.165) is 0 Å². The first-order valence-corrected chi connectivity index (χ1v) is 5.27. The standard InChI is InChI=1S/C10H12ClNO2S/c1-6(5-13)12-10(14)8-4-7(15)2-3-9(8)11/h2-4,6,13,15H,5H2,1H3,(H,12,14). The first-order valence-electron chi connectivity index (χ1n) is 4.45. The Bertz CT molecular complexity index is 370. The molecule has 0 radical (unpaired) electrons. The zero-order valence-corrected chi connectivity index (χ0v) is 9.85. The van der Waals surface area contributed by atoms with Gasteiger partial charge in [0.1, 0.15) is 0 Å². The van der Waals surface area contributed by atoms with Gasteiger partial charge in [-0.05, 0) is 25.1 Å². The molecular formula is C10H12ClNO2S. The molecule has 15 heavy (non-hydrogen) atoms. The van der Waals surface area contributed by atoms with Gasteiger partial charge in [0.25, 0.3) is 5.91 Å². The highest BCUT2D eigenvalue weighted by Crippen LogP contribution is 2.19. The Labute approximate surface area is 98.9 Å². The maximum Gasteiger partial charge on any atom is 0.253 e. The third-order valence-electron chi connectivity index (χ3n) is 1.85. The fraction of sp³-hybridized carbons (Fsp3) is 0.300. The molecule has 0 spiro atoms. The van der Waals surface area contributed by atoms with Crippen molar-refractivity contribution in [2.45, 2.75) is 17.9 Å². The van der Waals surface area contributed by atoms with Crippen molar-refractivity contribution in [3.63, 3.8) is 0 Å². The predicted octanol–water partition coefficient (Wildman–Crippen LogP) is 1.74. The second-order valence-corrected chi connectivity index (χ2v) is 4.14. The van der Waals surface area contributed by atoms with E-state index in [2.05, 4.69) is 17.9 Å². The molecule has 0 heterocycles. The molecule has 2 N–H and O–H groups in total. The monoisotopic (exact) mass is 245 g/mol. The van der Waals surface area contributed by atoms with Crippen LogP contribution >= 0.6 is 24.2 Å². The van der Waals surface area contributed by atoms with Crippen LogP contribution in [-0.4, -0.2) is 23.7 Å². The molecule has 3 nitrogen and oxygen atoms in total. The molecule has 0 bridgehead atoms. The van der Waals surface area contributed by atoms with Crippen molar-refractivity contribution in [2.75, 3.05) is 6.61 Å². The number of nitrogens with one attached hydrogen (secondary N) is 1. The number of benzene rings is 1. The van der Waals surface area contributed by atoms with Gasteiger partial charge in [0.05, 0.1) is 17.2 Å². The number of halogens is 1. The Morgan fingerprint density at radius 2 is 2.33 bits per heavy atom.